The van der Waals surface area contributed by atoms with Crippen LogP contribution in [0.4, 0.5) is 0 Å². The van der Waals surface area contributed by atoms with Crippen LogP contribution in [0.25, 0.3) is 11.0 Å². The third-order valence-corrected chi connectivity index (χ3v) is 5.42. The van der Waals surface area contributed by atoms with Crippen molar-refractivity contribution >= 4 is 22.8 Å². The van der Waals surface area contributed by atoms with Crippen molar-refractivity contribution in [3.05, 3.63) is 36.2 Å². The molecule has 1 aromatic heterocycles. The van der Waals surface area contributed by atoms with Crippen LogP contribution in [0.1, 0.15) is 29.6 Å². The molecule has 1 N–H and O–H groups in total. The van der Waals surface area contributed by atoms with Crippen molar-refractivity contribution in [2.75, 3.05) is 13.6 Å². The topological polar surface area (TPSA) is 75.2 Å². The minimum Gasteiger partial charge on any atom is -0.356 e. The van der Waals surface area contributed by atoms with E-state index >= 15 is 0 Å². The summed E-state index contributed by atoms with van der Waals surface area (Å²) < 4.78 is 0. The third-order valence-electron chi connectivity index (χ3n) is 5.42. The van der Waals surface area contributed by atoms with Gasteiger partial charge in [0.25, 0.3) is 5.91 Å². The Morgan fingerprint density at radius 1 is 1.21 bits per heavy atom. The summed E-state index contributed by atoms with van der Waals surface area (Å²) in [6, 6.07) is 5.69. The number of carbonyl (C=O) groups excluding carboxylic acids is 2. The van der Waals surface area contributed by atoms with Gasteiger partial charge in [0, 0.05) is 38.4 Å². The van der Waals surface area contributed by atoms with Crippen molar-refractivity contribution in [1.29, 1.82) is 0 Å². The van der Waals surface area contributed by atoms with E-state index in [1.54, 1.807) is 12.4 Å². The second-order valence-electron chi connectivity index (χ2n) is 6.80. The SMILES string of the molecule is CN(C(=O)c1cccc2nccnc12)[C@H]1C[C@H]2CC(=O)NC[C@H]2C1. The van der Waals surface area contributed by atoms with Gasteiger partial charge in [-0.25, -0.2) is 0 Å². The average Bonchev–Trinajstić information content (AvgIpc) is 3.03. The number of amides is 2. The van der Waals surface area contributed by atoms with E-state index in [1.165, 1.54) is 0 Å². The molecule has 2 aromatic rings. The van der Waals surface area contributed by atoms with E-state index in [4.69, 9.17) is 0 Å². The van der Waals surface area contributed by atoms with Crippen LogP contribution < -0.4 is 5.32 Å². The van der Waals surface area contributed by atoms with Crippen molar-refractivity contribution in [3.8, 4) is 0 Å². The molecule has 1 aliphatic carbocycles. The molecule has 3 atom stereocenters. The second kappa shape index (κ2) is 5.85. The summed E-state index contributed by atoms with van der Waals surface area (Å²) in [5.41, 5.74) is 1.96. The molecule has 2 fully saturated rings. The Morgan fingerprint density at radius 3 is 2.88 bits per heavy atom. The number of fused-ring (bicyclic) bond motifs is 2. The maximum atomic E-state index is 13.0. The summed E-state index contributed by atoms with van der Waals surface area (Å²) in [5.74, 6) is 0.987. The number of nitrogens with one attached hydrogen (secondary N) is 1. The summed E-state index contributed by atoms with van der Waals surface area (Å²) in [4.78, 5) is 35.0. The number of para-hydroxylation sites is 1. The molecule has 4 rings (SSSR count). The summed E-state index contributed by atoms with van der Waals surface area (Å²) in [5, 5.41) is 2.94. The Hall–Kier alpha value is -2.50. The number of benzene rings is 1. The van der Waals surface area contributed by atoms with Gasteiger partial charge in [0.1, 0.15) is 5.52 Å². The molecule has 1 aromatic carbocycles. The first-order chi connectivity index (χ1) is 11.6. The van der Waals surface area contributed by atoms with Crippen LogP contribution in [-0.4, -0.2) is 46.3 Å². The molecule has 0 radical (unpaired) electrons. The smallest absolute Gasteiger partial charge is 0.256 e. The van der Waals surface area contributed by atoms with Crippen LogP contribution >= 0.6 is 0 Å². The molecule has 2 heterocycles. The molecule has 0 spiro atoms. The van der Waals surface area contributed by atoms with Gasteiger partial charge in [0.05, 0.1) is 11.1 Å². The fraction of sp³-hybridized carbons (Fsp3) is 0.444. The lowest BCUT2D eigenvalue weighted by Crippen LogP contribution is -2.38. The van der Waals surface area contributed by atoms with Crippen LogP contribution in [0, 0.1) is 11.8 Å². The van der Waals surface area contributed by atoms with Gasteiger partial charge in [-0.3, -0.25) is 19.6 Å². The molecule has 24 heavy (non-hydrogen) atoms. The van der Waals surface area contributed by atoms with E-state index in [9.17, 15) is 9.59 Å². The molecular weight excluding hydrogens is 304 g/mol. The number of hydrogen-bond donors (Lipinski definition) is 1. The highest BCUT2D eigenvalue weighted by atomic mass is 16.2. The van der Waals surface area contributed by atoms with E-state index in [-0.39, 0.29) is 17.9 Å². The average molecular weight is 324 g/mol. The normalized spacial score (nSPS) is 26.0. The lowest BCUT2D eigenvalue weighted by molar-refractivity contribution is -0.124. The Morgan fingerprint density at radius 2 is 2.00 bits per heavy atom. The van der Waals surface area contributed by atoms with Crippen molar-refractivity contribution in [2.24, 2.45) is 11.8 Å². The maximum Gasteiger partial charge on any atom is 0.256 e. The Bertz CT molecular complexity index is 801. The summed E-state index contributed by atoms with van der Waals surface area (Å²) in [6.07, 6.45) is 5.68. The first-order valence-electron chi connectivity index (χ1n) is 8.37. The van der Waals surface area contributed by atoms with Crippen molar-refractivity contribution in [2.45, 2.75) is 25.3 Å². The summed E-state index contributed by atoms with van der Waals surface area (Å²) in [7, 11) is 1.86. The minimum absolute atomic E-state index is 0.0240. The molecular formula is C18H20N4O2. The van der Waals surface area contributed by atoms with Crippen molar-refractivity contribution in [1.82, 2.24) is 20.2 Å². The number of hydrogen-bond acceptors (Lipinski definition) is 4. The molecule has 6 heteroatoms. The second-order valence-corrected chi connectivity index (χ2v) is 6.80. The number of aromatic nitrogens is 2. The highest BCUT2D eigenvalue weighted by Crippen LogP contribution is 2.38. The molecule has 0 bridgehead atoms. The van der Waals surface area contributed by atoms with E-state index in [0.29, 0.717) is 29.3 Å². The zero-order chi connectivity index (χ0) is 16.7. The van der Waals surface area contributed by atoms with Gasteiger partial charge in [-0.05, 0) is 36.8 Å². The third kappa shape index (κ3) is 2.52. The van der Waals surface area contributed by atoms with E-state index in [2.05, 4.69) is 15.3 Å². The van der Waals surface area contributed by atoms with Crippen LogP contribution in [0.2, 0.25) is 0 Å². The lowest BCUT2D eigenvalue weighted by Gasteiger charge is -2.25. The molecule has 1 saturated heterocycles. The Kier molecular flexibility index (Phi) is 3.67. The van der Waals surface area contributed by atoms with Gasteiger partial charge in [0.2, 0.25) is 5.91 Å². The zero-order valence-electron chi connectivity index (χ0n) is 13.6. The number of nitrogens with zero attached hydrogens (tertiary/aromatic N) is 3. The molecule has 6 nitrogen and oxygen atoms in total. The predicted molar refractivity (Wildman–Crippen MR) is 89.3 cm³/mol. The largest absolute Gasteiger partial charge is 0.356 e. The van der Waals surface area contributed by atoms with Gasteiger partial charge in [0.15, 0.2) is 0 Å². The van der Waals surface area contributed by atoms with Crippen LogP contribution in [-0.2, 0) is 4.79 Å². The van der Waals surface area contributed by atoms with Gasteiger partial charge in [-0.1, -0.05) is 6.07 Å². The molecule has 124 valence electrons. The monoisotopic (exact) mass is 324 g/mol. The Balaban J connectivity index is 1.57. The fourth-order valence-electron chi connectivity index (χ4n) is 4.07. The van der Waals surface area contributed by atoms with Crippen molar-refractivity contribution < 1.29 is 9.59 Å². The molecule has 2 amide bonds. The van der Waals surface area contributed by atoms with Crippen LogP contribution in [0.3, 0.4) is 0 Å². The van der Waals surface area contributed by atoms with Gasteiger partial charge < -0.3 is 10.2 Å². The molecule has 1 aliphatic heterocycles. The minimum atomic E-state index is -0.0240. The number of piperidine rings is 1. The molecule has 0 unspecified atom stereocenters. The van der Waals surface area contributed by atoms with E-state index < -0.39 is 0 Å². The quantitative estimate of drug-likeness (QED) is 0.911. The Labute approximate surface area is 140 Å². The van der Waals surface area contributed by atoms with Gasteiger partial charge in [-0.15, -0.1) is 0 Å². The first kappa shape index (κ1) is 15.1. The highest BCUT2D eigenvalue weighted by Gasteiger charge is 2.40. The lowest BCUT2D eigenvalue weighted by atomic mass is 9.89. The van der Waals surface area contributed by atoms with Crippen LogP contribution in [0.5, 0.6) is 0 Å². The number of carbonyl (C=O) groups is 2. The zero-order valence-corrected chi connectivity index (χ0v) is 13.6. The van der Waals surface area contributed by atoms with Crippen LogP contribution in [0.15, 0.2) is 30.6 Å². The van der Waals surface area contributed by atoms with E-state index in [1.807, 2.05) is 30.1 Å². The molecule has 2 aliphatic rings. The fourth-order valence-corrected chi connectivity index (χ4v) is 4.07. The predicted octanol–water partition coefficient (Wildman–Crippen LogP) is 1.62. The van der Waals surface area contributed by atoms with Gasteiger partial charge >= 0.3 is 0 Å². The number of rotatable bonds is 2. The van der Waals surface area contributed by atoms with Gasteiger partial charge in [-0.2, -0.15) is 0 Å². The maximum absolute atomic E-state index is 13.0. The molecule has 1 saturated carbocycles. The summed E-state index contributed by atoms with van der Waals surface area (Å²) >= 11 is 0. The first-order valence-corrected chi connectivity index (χ1v) is 8.37. The van der Waals surface area contributed by atoms with Crippen molar-refractivity contribution in [3.63, 3.8) is 0 Å². The highest BCUT2D eigenvalue weighted by molar-refractivity contribution is 6.04. The summed E-state index contributed by atoms with van der Waals surface area (Å²) in [6.45, 7) is 0.738. The standard InChI is InChI=1S/C18H20N4O2/c1-22(13-7-11-9-16(23)21-10-12(11)8-13)18(24)14-3-2-4-15-17(14)20-6-5-19-15/h2-6,11-13H,7-10H2,1H3,(H,21,23)/t11-,12+,13-/m0/s1. The van der Waals surface area contributed by atoms with E-state index in [0.717, 1.165) is 24.9 Å².